The molecule has 0 spiro atoms. The van der Waals surface area contributed by atoms with Crippen LogP contribution in [0.5, 0.6) is 0 Å². The van der Waals surface area contributed by atoms with Crippen molar-refractivity contribution >= 4 is 23.5 Å². The number of rotatable bonds is 15. The van der Waals surface area contributed by atoms with Crippen LogP contribution in [0.4, 0.5) is 0 Å². The van der Waals surface area contributed by atoms with Gasteiger partial charge in [0.1, 0.15) is 17.9 Å². The molecule has 1 saturated heterocycles. The molecule has 3 unspecified atom stereocenters. The van der Waals surface area contributed by atoms with Crippen molar-refractivity contribution in [2.45, 2.75) is 135 Å². The van der Waals surface area contributed by atoms with Crippen LogP contribution in [0.2, 0.25) is 0 Å². The Kier molecular flexibility index (Phi) is 13.2. The summed E-state index contributed by atoms with van der Waals surface area (Å²) in [5, 5.41) is 21.1. The molecule has 46 heavy (non-hydrogen) atoms. The van der Waals surface area contributed by atoms with Crippen LogP contribution in [-0.2, 0) is 25.6 Å². The van der Waals surface area contributed by atoms with Crippen molar-refractivity contribution in [3.63, 3.8) is 0 Å². The van der Waals surface area contributed by atoms with E-state index < -0.39 is 40.9 Å². The van der Waals surface area contributed by atoms with E-state index in [1.807, 2.05) is 78.8 Å². The number of allylic oxidation sites excluding steroid dienone is 1. The summed E-state index contributed by atoms with van der Waals surface area (Å²) in [6.45, 7) is 17.5. The van der Waals surface area contributed by atoms with Gasteiger partial charge >= 0.3 is 0 Å². The second-order valence-corrected chi connectivity index (χ2v) is 15.1. The van der Waals surface area contributed by atoms with Crippen LogP contribution >= 0.6 is 0 Å². The first-order valence-corrected chi connectivity index (χ1v) is 17.2. The fourth-order valence-electron chi connectivity index (χ4n) is 7.47. The van der Waals surface area contributed by atoms with Crippen molar-refractivity contribution in [3.8, 4) is 0 Å². The third-order valence-electron chi connectivity index (χ3n) is 9.88. The summed E-state index contributed by atoms with van der Waals surface area (Å²) in [4.78, 5) is 54.6. The van der Waals surface area contributed by atoms with Gasteiger partial charge in [-0.05, 0) is 77.7 Å². The highest BCUT2D eigenvalue weighted by Crippen LogP contribution is 2.37. The number of nitrogens with zero attached hydrogens (tertiary/aromatic N) is 1. The van der Waals surface area contributed by atoms with E-state index in [0.29, 0.717) is 38.5 Å². The Hall–Kier alpha value is -3.04. The highest BCUT2D eigenvalue weighted by molar-refractivity contribution is 5.95. The molecule has 3 amide bonds. The molecular formula is C37H58N4O5. The molecule has 1 saturated carbocycles. The number of carbonyl (C=O) groups excluding carboxylic acids is 4. The summed E-state index contributed by atoms with van der Waals surface area (Å²) in [5.74, 6) is -2.48. The highest BCUT2D eigenvalue weighted by Gasteiger charge is 2.46. The maximum Gasteiger partial charge on any atom is 0.243 e. The van der Waals surface area contributed by atoms with Crippen LogP contribution < -0.4 is 16.0 Å². The van der Waals surface area contributed by atoms with Crippen LogP contribution in [0, 0.1) is 23.7 Å². The second kappa shape index (κ2) is 16.2. The molecule has 1 aliphatic carbocycles. The van der Waals surface area contributed by atoms with Crippen molar-refractivity contribution in [1.29, 1.82) is 0 Å². The number of Topliss-reactive ketones (excluding diaryl/α,β-unsaturated/α-hetero) is 1. The predicted octanol–water partition coefficient (Wildman–Crippen LogP) is 5.36. The topological polar surface area (TPSA) is 128 Å². The average Bonchev–Trinajstić information content (AvgIpc) is 3.49. The van der Waals surface area contributed by atoms with E-state index in [1.165, 1.54) is 5.06 Å². The van der Waals surface area contributed by atoms with E-state index in [0.717, 1.165) is 24.8 Å². The number of amides is 3. The smallest absolute Gasteiger partial charge is 0.243 e. The van der Waals surface area contributed by atoms with Crippen molar-refractivity contribution in [2.75, 3.05) is 0 Å². The summed E-state index contributed by atoms with van der Waals surface area (Å²) in [6, 6.07) is 8.03. The molecule has 1 aromatic rings. The van der Waals surface area contributed by atoms with Crippen molar-refractivity contribution in [1.82, 2.24) is 21.0 Å². The lowest BCUT2D eigenvalue weighted by molar-refractivity contribution is -0.246. The first-order chi connectivity index (χ1) is 21.6. The number of carbonyl (C=O) groups is 4. The predicted molar refractivity (Wildman–Crippen MR) is 181 cm³/mol. The lowest BCUT2D eigenvalue weighted by Gasteiger charge is -2.51. The Morgan fingerprint density at radius 2 is 1.59 bits per heavy atom. The molecule has 1 heterocycles. The summed E-state index contributed by atoms with van der Waals surface area (Å²) in [7, 11) is 0. The Bertz CT molecular complexity index is 1200. The van der Waals surface area contributed by atoms with E-state index in [9.17, 15) is 24.4 Å². The monoisotopic (exact) mass is 638 g/mol. The highest BCUT2D eigenvalue weighted by atomic mass is 16.5. The van der Waals surface area contributed by atoms with E-state index in [1.54, 1.807) is 6.08 Å². The summed E-state index contributed by atoms with van der Waals surface area (Å²) < 4.78 is 0. The molecule has 2 fully saturated rings. The average molecular weight is 639 g/mol. The number of hydrogen-bond donors (Lipinski definition) is 4. The molecule has 3 rings (SSSR count). The van der Waals surface area contributed by atoms with Gasteiger partial charge in [0.05, 0.1) is 0 Å². The molecule has 9 nitrogen and oxygen atoms in total. The molecule has 0 aromatic heterocycles. The van der Waals surface area contributed by atoms with E-state index >= 15 is 0 Å². The molecule has 1 aromatic carbocycles. The first-order valence-electron chi connectivity index (χ1n) is 17.2. The van der Waals surface area contributed by atoms with Gasteiger partial charge in [0, 0.05) is 34.9 Å². The molecule has 0 radical (unpaired) electrons. The SMILES string of the molecule is C=C[C@H](Cc1ccccc1)C(=O)C1CCCC1C(=O)N[C@H](C(=O)NC(CCCC)C(=O)NC1CC(C)(C)N(O)C(C)(C)C1)C(C)C. The molecule has 4 N–H and O–H groups in total. The number of nitrogens with one attached hydrogen (secondary N) is 3. The van der Waals surface area contributed by atoms with E-state index in [2.05, 4.69) is 22.5 Å². The number of hydroxylamine groups is 2. The minimum absolute atomic E-state index is 0.0248. The molecule has 5 atom stereocenters. The van der Waals surface area contributed by atoms with Gasteiger partial charge in [-0.3, -0.25) is 19.2 Å². The van der Waals surface area contributed by atoms with Gasteiger partial charge in [0.15, 0.2) is 0 Å². The fourth-order valence-corrected chi connectivity index (χ4v) is 7.47. The number of piperidine rings is 1. The van der Waals surface area contributed by atoms with Gasteiger partial charge in [0.25, 0.3) is 0 Å². The Morgan fingerprint density at radius 1 is 0.978 bits per heavy atom. The quantitative estimate of drug-likeness (QED) is 0.192. The second-order valence-electron chi connectivity index (χ2n) is 15.1. The zero-order valence-corrected chi connectivity index (χ0v) is 29.1. The Morgan fingerprint density at radius 3 is 2.15 bits per heavy atom. The van der Waals surface area contributed by atoms with Crippen LogP contribution in [0.15, 0.2) is 43.0 Å². The number of hydrogen-bond acceptors (Lipinski definition) is 6. The fraction of sp³-hybridized carbons (Fsp3) is 0.676. The minimum atomic E-state index is -0.851. The van der Waals surface area contributed by atoms with Crippen LogP contribution in [-0.4, -0.2) is 63.0 Å². The normalized spacial score (nSPS) is 23.2. The molecular weight excluding hydrogens is 580 g/mol. The van der Waals surface area contributed by atoms with Gasteiger partial charge < -0.3 is 21.2 Å². The zero-order chi connectivity index (χ0) is 34.2. The Labute approximate surface area is 276 Å². The minimum Gasteiger partial charge on any atom is -0.351 e. The standard InChI is InChI=1S/C37H58N4O5/c1-9-11-20-30(34(44)38-27-22-36(5,6)41(46)37(7,8)23-27)39-35(45)31(24(3)4)40-33(43)29-19-15-18-28(29)32(42)26(10-2)21-25-16-13-12-14-17-25/h10,12-14,16-17,24,26-31,46H,2,9,11,15,18-23H2,1,3-8H3,(H,38,44)(H,39,45)(H,40,43)/t26-,28?,29?,30?,31+/m1/s1. The van der Waals surface area contributed by atoms with Crippen LogP contribution in [0.1, 0.15) is 105 Å². The maximum absolute atomic E-state index is 13.7. The molecule has 9 heteroatoms. The van der Waals surface area contributed by atoms with E-state index in [4.69, 9.17) is 0 Å². The lowest BCUT2D eigenvalue weighted by Crippen LogP contribution is -2.64. The van der Waals surface area contributed by atoms with Gasteiger partial charge in [0.2, 0.25) is 17.7 Å². The zero-order valence-electron chi connectivity index (χ0n) is 29.1. The largest absolute Gasteiger partial charge is 0.351 e. The van der Waals surface area contributed by atoms with Gasteiger partial charge in [-0.1, -0.05) is 76.4 Å². The van der Waals surface area contributed by atoms with Gasteiger partial charge in [-0.25, -0.2) is 0 Å². The van der Waals surface area contributed by atoms with E-state index in [-0.39, 0.29) is 35.5 Å². The van der Waals surface area contributed by atoms with Gasteiger partial charge in [-0.2, -0.15) is 5.06 Å². The molecule has 2 aliphatic rings. The van der Waals surface area contributed by atoms with Gasteiger partial charge in [-0.15, -0.1) is 6.58 Å². The Balaban J connectivity index is 1.68. The summed E-state index contributed by atoms with van der Waals surface area (Å²) >= 11 is 0. The van der Waals surface area contributed by atoms with Crippen molar-refractivity contribution in [3.05, 3.63) is 48.6 Å². The summed E-state index contributed by atoms with van der Waals surface area (Å²) in [5.41, 5.74) is -0.00680. The third kappa shape index (κ3) is 9.50. The molecule has 256 valence electrons. The van der Waals surface area contributed by atoms with Crippen molar-refractivity contribution in [2.24, 2.45) is 23.7 Å². The first kappa shape index (κ1) is 37.4. The van der Waals surface area contributed by atoms with Crippen LogP contribution in [0.3, 0.4) is 0 Å². The van der Waals surface area contributed by atoms with Crippen LogP contribution in [0.25, 0.3) is 0 Å². The number of benzene rings is 1. The molecule has 0 bridgehead atoms. The lowest BCUT2D eigenvalue weighted by atomic mass is 9.79. The maximum atomic E-state index is 13.7. The van der Waals surface area contributed by atoms with Crippen molar-refractivity contribution < 1.29 is 24.4 Å². The number of ketones is 1. The summed E-state index contributed by atoms with van der Waals surface area (Å²) in [6.07, 6.45) is 7.44. The number of unbranched alkanes of at least 4 members (excludes halogenated alkanes) is 1. The molecule has 1 aliphatic heterocycles. The third-order valence-corrected chi connectivity index (χ3v) is 9.88.